The second kappa shape index (κ2) is 6.42. The number of benzene rings is 3. The fraction of sp³-hybridized carbons (Fsp3) is 0.0526. The predicted molar refractivity (Wildman–Crippen MR) is 89.1 cm³/mol. The summed E-state index contributed by atoms with van der Waals surface area (Å²) in [6, 6.07) is 26.9. The molecule has 3 rings (SSSR count). The van der Waals surface area contributed by atoms with Crippen molar-refractivity contribution in [3.63, 3.8) is 0 Å². The van der Waals surface area contributed by atoms with Crippen LogP contribution < -0.4 is 0 Å². The molecular formula is C19H15OS+. The highest BCUT2D eigenvalue weighted by Crippen LogP contribution is 2.29. The molecule has 0 fully saturated rings. The third kappa shape index (κ3) is 3.06. The zero-order valence-corrected chi connectivity index (χ0v) is 12.3. The summed E-state index contributed by atoms with van der Waals surface area (Å²) in [6.45, 7) is 0. The molecule has 0 heterocycles. The van der Waals surface area contributed by atoms with Gasteiger partial charge in [0.05, 0.1) is 0 Å². The molecule has 0 unspecified atom stereocenters. The molecule has 0 saturated heterocycles. The molecule has 0 bridgehead atoms. The third-order valence-electron chi connectivity index (χ3n) is 3.52. The predicted octanol–water partition coefficient (Wildman–Crippen LogP) is 4.95. The summed E-state index contributed by atoms with van der Waals surface area (Å²) >= 11 is 0.615. The summed E-state index contributed by atoms with van der Waals surface area (Å²) < 4.78 is 11.0. The van der Waals surface area contributed by atoms with Crippen LogP contribution in [-0.4, -0.2) is 0 Å². The second-order valence-corrected chi connectivity index (χ2v) is 5.39. The van der Waals surface area contributed by atoms with Gasteiger partial charge in [-0.2, -0.15) is 0 Å². The van der Waals surface area contributed by atoms with Gasteiger partial charge in [0.25, 0.3) is 5.75 Å². The maximum Gasteiger partial charge on any atom is 0.463 e. The van der Waals surface area contributed by atoms with Crippen molar-refractivity contribution in [2.24, 2.45) is 0 Å². The van der Waals surface area contributed by atoms with Gasteiger partial charge in [-0.1, -0.05) is 72.8 Å². The van der Waals surface area contributed by atoms with Gasteiger partial charge in [0.1, 0.15) is 0 Å². The van der Waals surface area contributed by atoms with Crippen molar-refractivity contribution in [1.29, 1.82) is 0 Å². The van der Waals surface area contributed by atoms with Crippen molar-refractivity contribution in [2.75, 3.05) is 0 Å². The van der Waals surface area contributed by atoms with Gasteiger partial charge in [0.15, 0.2) is 0 Å². The van der Waals surface area contributed by atoms with Gasteiger partial charge in [0, 0.05) is 9.77 Å². The van der Waals surface area contributed by atoms with E-state index in [4.69, 9.17) is 0 Å². The first-order valence-electron chi connectivity index (χ1n) is 6.87. The molecule has 102 valence electrons. The molecule has 0 amide bonds. The Bertz CT molecular complexity index is 736. The molecule has 0 spiro atoms. The Kier molecular flexibility index (Phi) is 4.17. The van der Waals surface area contributed by atoms with Crippen LogP contribution in [-0.2, 0) is 21.6 Å². The average Bonchev–Trinajstić information content (AvgIpc) is 2.57. The minimum atomic E-state index is 0.485. The Hall–Kier alpha value is -2.32. The first kappa shape index (κ1) is 13.7. The van der Waals surface area contributed by atoms with Crippen molar-refractivity contribution >= 4 is 11.7 Å². The van der Waals surface area contributed by atoms with Gasteiger partial charge < -0.3 is 0 Å². The van der Waals surface area contributed by atoms with Crippen molar-refractivity contribution < 1.29 is 4.21 Å². The minimum absolute atomic E-state index is 0.485. The molecule has 0 aliphatic heterocycles. The Morgan fingerprint density at radius 2 is 1.29 bits per heavy atom. The van der Waals surface area contributed by atoms with E-state index in [1.807, 2.05) is 36.4 Å². The van der Waals surface area contributed by atoms with E-state index >= 15 is 0 Å². The van der Waals surface area contributed by atoms with Gasteiger partial charge in [0.2, 0.25) is 0 Å². The lowest BCUT2D eigenvalue weighted by Gasteiger charge is -2.09. The molecular weight excluding hydrogens is 276 g/mol. The normalized spacial score (nSPS) is 10.3. The summed E-state index contributed by atoms with van der Waals surface area (Å²) in [5, 5.41) is 0. The van der Waals surface area contributed by atoms with Gasteiger partial charge in [-0.25, -0.2) is 0 Å². The highest BCUT2D eigenvalue weighted by Gasteiger charge is 2.12. The van der Waals surface area contributed by atoms with Crippen LogP contribution >= 0.6 is 0 Å². The lowest BCUT2D eigenvalue weighted by molar-refractivity contribution is 0.604. The Labute approximate surface area is 128 Å². The summed E-state index contributed by atoms with van der Waals surface area (Å²) in [5.41, 5.74) is 5.74. The maximum atomic E-state index is 11.0. The molecule has 3 aromatic carbocycles. The molecule has 0 aliphatic carbocycles. The average molecular weight is 291 g/mol. The topological polar surface area (TPSA) is 17.1 Å². The molecule has 21 heavy (non-hydrogen) atoms. The monoisotopic (exact) mass is 291 g/mol. The van der Waals surface area contributed by atoms with E-state index in [0.717, 1.165) is 16.7 Å². The van der Waals surface area contributed by atoms with E-state index in [1.165, 1.54) is 11.1 Å². The fourth-order valence-electron chi connectivity index (χ4n) is 2.46. The van der Waals surface area contributed by atoms with E-state index in [1.54, 1.807) is 0 Å². The zero-order chi connectivity index (χ0) is 14.5. The Morgan fingerprint density at radius 1 is 0.667 bits per heavy atom. The lowest BCUT2D eigenvalue weighted by Crippen LogP contribution is -1.90. The molecule has 1 nitrogen and oxygen atoms in total. The van der Waals surface area contributed by atoms with Gasteiger partial charge in [-0.3, -0.25) is 0 Å². The Balaban J connectivity index is 2.13. The smallest absolute Gasteiger partial charge is 0.0622 e. The number of hydrogen-bond donors (Lipinski definition) is 0. The van der Waals surface area contributed by atoms with Crippen LogP contribution in [0.25, 0.3) is 22.3 Å². The van der Waals surface area contributed by atoms with E-state index in [9.17, 15) is 4.21 Å². The van der Waals surface area contributed by atoms with E-state index in [-0.39, 0.29) is 0 Å². The van der Waals surface area contributed by atoms with Gasteiger partial charge in [-0.15, -0.1) is 0 Å². The van der Waals surface area contributed by atoms with Gasteiger partial charge >= 0.3 is 11.7 Å². The van der Waals surface area contributed by atoms with Crippen molar-refractivity contribution in [1.82, 2.24) is 0 Å². The minimum Gasteiger partial charge on any atom is -0.0622 e. The highest BCUT2D eigenvalue weighted by atomic mass is 32.1. The second-order valence-electron chi connectivity index (χ2n) is 4.87. The van der Waals surface area contributed by atoms with Gasteiger partial charge in [-0.05, 0) is 28.3 Å². The van der Waals surface area contributed by atoms with E-state index in [0.29, 0.717) is 17.4 Å². The number of rotatable bonds is 4. The van der Waals surface area contributed by atoms with E-state index in [2.05, 4.69) is 42.5 Å². The highest BCUT2D eigenvalue weighted by molar-refractivity contribution is 7.64. The van der Waals surface area contributed by atoms with Crippen LogP contribution in [0.2, 0.25) is 0 Å². The molecule has 0 N–H and O–H groups in total. The summed E-state index contributed by atoms with van der Waals surface area (Å²) in [4.78, 5) is 0. The van der Waals surface area contributed by atoms with Crippen LogP contribution in [0.1, 0.15) is 5.56 Å². The molecule has 0 atom stereocenters. The molecule has 0 aliphatic rings. The first-order valence-corrected chi connectivity index (χ1v) is 7.78. The van der Waals surface area contributed by atoms with Crippen LogP contribution in [0.5, 0.6) is 0 Å². The SMILES string of the molecule is O=[S+]Cc1ccc(-c2ccccc2)cc1-c1ccccc1. The van der Waals surface area contributed by atoms with Crippen molar-refractivity contribution in [3.05, 3.63) is 84.4 Å². The van der Waals surface area contributed by atoms with Crippen LogP contribution in [0, 0.1) is 0 Å². The quantitative estimate of drug-likeness (QED) is 0.622. The van der Waals surface area contributed by atoms with Crippen LogP contribution in [0.3, 0.4) is 0 Å². The largest absolute Gasteiger partial charge is 0.463 e. The molecule has 3 aromatic rings. The Morgan fingerprint density at radius 3 is 1.90 bits per heavy atom. The molecule has 2 heteroatoms. The lowest BCUT2D eigenvalue weighted by atomic mass is 9.95. The maximum absolute atomic E-state index is 11.0. The molecule has 0 saturated carbocycles. The zero-order valence-electron chi connectivity index (χ0n) is 11.5. The van der Waals surface area contributed by atoms with Crippen molar-refractivity contribution in [3.8, 4) is 22.3 Å². The summed E-state index contributed by atoms with van der Waals surface area (Å²) in [6.07, 6.45) is 0. The number of hydrogen-bond acceptors (Lipinski definition) is 1. The standard InChI is InChI=1S/C19H15OS/c20-21-14-18-12-11-17(15-7-3-1-4-8-15)13-19(18)16-9-5-2-6-10-16/h1-13H,14H2/q+1. The van der Waals surface area contributed by atoms with E-state index < -0.39 is 0 Å². The molecule has 0 aromatic heterocycles. The van der Waals surface area contributed by atoms with Crippen molar-refractivity contribution in [2.45, 2.75) is 5.75 Å². The summed E-state index contributed by atoms with van der Waals surface area (Å²) in [7, 11) is 0. The summed E-state index contributed by atoms with van der Waals surface area (Å²) in [5.74, 6) is 0.485. The fourth-order valence-corrected chi connectivity index (χ4v) is 2.84. The van der Waals surface area contributed by atoms with Crippen LogP contribution in [0.4, 0.5) is 0 Å². The third-order valence-corrected chi connectivity index (χ3v) is 3.95. The first-order chi connectivity index (χ1) is 10.4. The molecule has 0 radical (unpaired) electrons. The van der Waals surface area contributed by atoms with Crippen LogP contribution in [0.15, 0.2) is 78.9 Å².